The Labute approximate surface area is 69.2 Å². The first kappa shape index (κ1) is 8.07. The largest absolute Gasteiger partial charge is 0.323 e. The molecule has 60 valence electrons. The molecule has 0 aliphatic rings. The molecule has 0 aromatic carbocycles. The maximum atomic E-state index is 10.6. The molecular weight excluding hydrogens is 166 g/mol. The van der Waals surface area contributed by atoms with Crippen molar-refractivity contribution in [3.05, 3.63) is 11.5 Å². The van der Waals surface area contributed by atoms with Crippen LogP contribution in [0.4, 0.5) is 5.82 Å². The molecule has 1 rings (SSSR count). The molecule has 1 heterocycles. The Kier molecular flexibility index (Phi) is 2.14. The lowest BCUT2D eigenvalue weighted by Gasteiger charge is -1.96. The number of anilines is 1. The Morgan fingerprint density at radius 1 is 1.82 bits per heavy atom. The van der Waals surface area contributed by atoms with E-state index in [0.717, 1.165) is 0 Å². The average molecular weight is 174 g/mol. The molecule has 0 aliphatic carbocycles. The van der Waals surface area contributed by atoms with Crippen LogP contribution in [0, 0.1) is 0 Å². The predicted molar refractivity (Wildman–Crippen MR) is 42.5 cm³/mol. The van der Waals surface area contributed by atoms with Gasteiger partial charge in [0.1, 0.15) is 0 Å². The number of nitrogens with one attached hydrogen (secondary N) is 1. The Morgan fingerprint density at radius 2 is 2.45 bits per heavy atom. The first-order valence-electron chi connectivity index (χ1n) is 3.05. The molecule has 0 aliphatic heterocycles. The molecule has 1 aromatic heterocycles. The number of aromatic nitrogens is 2. The van der Waals surface area contributed by atoms with Crippen LogP contribution in [-0.4, -0.2) is 15.5 Å². The molecule has 1 N–H and O–H groups in total. The fourth-order valence-electron chi connectivity index (χ4n) is 0.666. The first-order valence-corrected chi connectivity index (χ1v) is 3.43. The number of hydrogen-bond donors (Lipinski definition) is 1. The highest BCUT2D eigenvalue weighted by Gasteiger charge is 2.05. The van der Waals surface area contributed by atoms with E-state index in [1.54, 1.807) is 11.6 Å². The number of amides is 1. The van der Waals surface area contributed by atoms with E-state index in [2.05, 4.69) is 10.3 Å². The third kappa shape index (κ3) is 1.71. The summed E-state index contributed by atoms with van der Waals surface area (Å²) < 4.78 is 1.62. The fraction of sp³-hybridized carbons (Fsp3) is 0.333. The summed E-state index contributed by atoms with van der Waals surface area (Å²) in [6.07, 6.45) is 1.54. The van der Waals surface area contributed by atoms with Gasteiger partial charge in [-0.1, -0.05) is 11.6 Å². The van der Waals surface area contributed by atoms with Gasteiger partial charge in [-0.2, -0.15) is 0 Å². The second-order valence-electron chi connectivity index (χ2n) is 2.18. The Balaban J connectivity index is 2.87. The van der Waals surface area contributed by atoms with E-state index >= 15 is 0 Å². The second-order valence-corrected chi connectivity index (χ2v) is 2.53. The minimum Gasteiger partial charge on any atom is -0.323 e. The van der Waals surface area contributed by atoms with Gasteiger partial charge >= 0.3 is 0 Å². The molecule has 4 nitrogen and oxygen atoms in total. The number of halogens is 1. The summed E-state index contributed by atoms with van der Waals surface area (Å²) >= 11 is 5.74. The van der Waals surface area contributed by atoms with Crippen LogP contribution in [0.1, 0.15) is 6.92 Å². The van der Waals surface area contributed by atoms with E-state index in [4.69, 9.17) is 11.6 Å². The molecule has 0 radical (unpaired) electrons. The van der Waals surface area contributed by atoms with Crippen molar-refractivity contribution >= 4 is 23.3 Å². The van der Waals surface area contributed by atoms with Crippen LogP contribution in [0.3, 0.4) is 0 Å². The minimum absolute atomic E-state index is 0.175. The van der Waals surface area contributed by atoms with Crippen molar-refractivity contribution in [2.24, 2.45) is 7.05 Å². The number of hydrogen-bond acceptors (Lipinski definition) is 2. The summed E-state index contributed by atoms with van der Waals surface area (Å²) in [4.78, 5) is 14.4. The van der Waals surface area contributed by atoms with E-state index in [-0.39, 0.29) is 5.91 Å². The second kappa shape index (κ2) is 2.92. The van der Waals surface area contributed by atoms with Gasteiger partial charge in [0.2, 0.25) is 5.91 Å². The molecule has 1 amide bonds. The zero-order valence-electron chi connectivity index (χ0n) is 6.26. The monoisotopic (exact) mass is 173 g/mol. The van der Waals surface area contributed by atoms with Gasteiger partial charge < -0.3 is 9.88 Å². The van der Waals surface area contributed by atoms with Crippen LogP contribution < -0.4 is 5.32 Å². The summed E-state index contributed by atoms with van der Waals surface area (Å²) in [5, 5.41) is 2.92. The van der Waals surface area contributed by atoms with Gasteiger partial charge in [0.15, 0.2) is 11.0 Å². The summed E-state index contributed by atoms with van der Waals surface area (Å²) in [6.45, 7) is 1.41. The fourth-order valence-corrected chi connectivity index (χ4v) is 0.806. The molecule has 0 spiro atoms. The maximum Gasteiger partial charge on any atom is 0.222 e. The SMILES string of the molecule is CC(=O)Nc1ncn(C)c1Cl. The Morgan fingerprint density at radius 3 is 2.82 bits per heavy atom. The number of rotatable bonds is 1. The van der Waals surface area contributed by atoms with Crippen LogP contribution in [0.15, 0.2) is 6.33 Å². The molecule has 0 atom stereocenters. The molecule has 0 saturated carbocycles. The van der Waals surface area contributed by atoms with Gasteiger partial charge in [-0.3, -0.25) is 4.79 Å². The summed E-state index contributed by atoms with van der Waals surface area (Å²) in [6, 6.07) is 0. The molecule has 0 fully saturated rings. The van der Waals surface area contributed by atoms with E-state index in [9.17, 15) is 4.79 Å². The molecule has 0 saturated heterocycles. The Hall–Kier alpha value is -1.03. The van der Waals surface area contributed by atoms with Gasteiger partial charge in [-0.15, -0.1) is 0 Å². The van der Waals surface area contributed by atoms with E-state index in [1.807, 2.05) is 0 Å². The van der Waals surface area contributed by atoms with Crippen LogP contribution in [0.5, 0.6) is 0 Å². The minimum atomic E-state index is -0.175. The van der Waals surface area contributed by atoms with E-state index in [1.165, 1.54) is 13.3 Å². The van der Waals surface area contributed by atoms with Gasteiger partial charge in [0, 0.05) is 14.0 Å². The summed E-state index contributed by atoms with van der Waals surface area (Å²) in [5.74, 6) is 0.229. The standard InChI is InChI=1S/C6H8ClN3O/c1-4(11)9-6-5(7)10(2)3-8-6/h3H,1-2H3,(H,9,11). The number of carbonyl (C=O) groups is 1. The van der Waals surface area contributed by atoms with Crippen molar-refractivity contribution in [2.75, 3.05) is 5.32 Å². The van der Waals surface area contributed by atoms with Crippen molar-refractivity contribution in [2.45, 2.75) is 6.92 Å². The van der Waals surface area contributed by atoms with Crippen LogP contribution >= 0.6 is 11.6 Å². The van der Waals surface area contributed by atoms with Crippen molar-refractivity contribution < 1.29 is 4.79 Å². The number of aryl methyl sites for hydroxylation is 1. The average Bonchev–Trinajstić information content (AvgIpc) is 2.18. The van der Waals surface area contributed by atoms with Crippen molar-refractivity contribution in [3.8, 4) is 0 Å². The molecule has 1 aromatic rings. The highest BCUT2D eigenvalue weighted by atomic mass is 35.5. The zero-order valence-corrected chi connectivity index (χ0v) is 7.01. The van der Waals surface area contributed by atoms with Crippen LogP contribution in [0.2, 0.25) is 5.15 Å². The highest BCUT2D eigenvalue weighted by Crippen LogP contribution is 2.17. The van der Waals surface area contributed by atoms with Gasteiger partial charge in [-0.25, -0.2) is 4.98 Å². The molecule has 0 bridgehead atoms. The molecular formula is C6H8ClN3O. The maximum absolute atomic E-state index is 10.6. The third-order valence-corrected chi connectivity index (χ3v) is 1.61. The topological polar surface area (TPSA) is 46.9 Å². The predicted octanol–water partition coefficient (Wildman–Crippen LogP) is 1.03. The van der Waals surface area contributed by atoms with Crippen LogP contribution in [0.25, 0.3) is 0 Å². The molecule has 5 heteroatoms. The summed E-state index contributed by atoms with van der Waals surface area (Å²) in [5.41, 5.74) is 0. The van der Waals surface area contributed by atoms with E-state index in [0.29, 0.717) is 11.0 Å². The lowest BCUT2D eigenvalue weighted by molar-refractivity contribution is -0.114. The highest BCUT2D eigenvalue weighted by molar-refractivity contribution is 6.32. The molecule has 0 unspecified atom stereocenters. The van der Waals surface area contributed by atoms with Crippen molar-refractivity contribution in [1.82, 2.24) is 9.55 Å². The van der Waals surface area contributed by atoms with Gasteiger partial charge in [0.25, 0.3) is 0 Å². The van der Waals surface area contributed by atoms with Crippen LogP contribution in [-0.2, 0) is 11.8 Å². The van der Waals surface area contributed by atoms with Crippen molar-refractivity contribution in [3.63, 3.8) is 0 Å². The lowest BCUT2D eigenvalue weighted by atomic mass is 10.6. The smallest absolute Gasteiger partial charge is 0.222 e. The third-order valence-electron chi connectivity index (χ3n) is 1.16. The number of imidazole rings is 1. The van der Waals surface area contributed by atoms with E-state index < -0.39 is 0 Å². The van der Waals surface area contributed by atoms with Gasteiger partial charge in [0.05, 0.1) is 6.33 Å². The van der Waals surface area contributed by atoms with Crippen molar-refractivity contribution in [1.29, 1.82) is 0 Å². The summed E-state index contributed by atoms with van der Waals surface area (Å²) in [7, 11) is 1.75. The number of carbonyl (C=O) groups excluding carboxylic acids is 1. The Bertz CT molecular complexity index is 281. The zero-order chi connectivity index (χ0) is 8.43. The van der Waals surface area contributed by atoms with Gasteiger partial charge in [-0.05, 0) is 0 Å². The molecule has 11 heavy (non-hydrogen) atoms. The number of nitrogens with zero attached hydrogens (tertiary/aromatic N) is 2. The quantitative estimate of drug-likeness (QED) is 0.690. The normalized spacial score (nSPS) is 9.73. The first-order chi connectivity index (χ1) is 5.11. The lowest BCUT2D eigenvalue weighted by Crippen LogP contribution is -2.06.